The standard InChI is InChI=1S/C27H28Cl2FN3O4S/c1-3-25(27(35)31-4-2)32(17-19-8-12-22(30)13-9-19)26(34)18-33(23-7-5-6-21(29)16-23)38(36,37)24-14-10-20(28)11-15-24/h5-16,25H,3-4,17-18H2,1-2H3,(H,31,35)/t25-/m0/s1. The highest BCUT2D eigenvalue weighted by atomic mass is 35.5. The fraction of sp³-hybridized carbons (Fsp3) is 0.259. The molecule has 0 fully saturated rings. The Hall–Kier alpha value is -3.14. The van der Waals surface area contributed by atoms with E-state index < -0.39 is 34.3 Å². The number of likely N-dealkylation sites (N-methyl/N-ethyl adjacent to an activating group) is 1. The average molecular weight is 581 g/mol. The van der Waals surface area contributed by atoms with Crippen LogP contribution in [0.25, 0.3) is 0 Å². The van der Waals surface area contributed by atoms with Crippen LogP contribution < -0.4 is 9.62 Å². The van der Waals surface area contributed by atoms with Gasteiger partial charge in [-0.3, -0.25) is 13.9 Å². The van der Waals surface area contributed by atoms with Gasteiger partial charge in [0.05, 0.1) is 10.6 Å². The largest absolute Gasteiger partial charge is 0.355 e. The number of amides is 2. The summed E-state index contributed by atoms with van der Waals surface area (Å²) in [6.07, 6.45) is 0.278. The lowest BCUT2D eigenvalue weighted by Gasteiger charge is -2.33. The lowest BCUT2D eigenvalue weighted by molar-refractivity contribution is -0.140. The Kier molecular flexibility index (Phi) is 10.1. The van der Waals surface area contributed by atoms with Crippen molar-refractivity contribution < 1.29 is 22.4 Å². The number of hydrogen-bond acceptors (Lipinski definition) is 4. The van der Waals surface area contributed by atoms with Crippen molar-refractivity contribution in [3.8, 4) is 0 Å². The normalized spacial score (nSPS) is 12.0. The molecule has 7 nitrogen and oxygen atoms in total. The average Bonchev–Trinajstić information content (AvgIpc) is 2.88. The van der Waals surface area contributed by atoms with Crippen molar-refractivity contribution in [3.63, 3.8) is 0 Å². The molecule has 1 N–H and O–H groups in total. The van der Waals surface area contributed by atoms with Crippen LogP contribution in [0.3, 0.4) is 0 Å². The van der Waals surface area contributed by atoms with Gasteiger partial charge in [0.15, 0.2) is 0 Å². The first-order valence-corrected chi connectivity index (χ1v) is 14.1. The predicted molar refractivity (Wildman–Crippen MR) is 147 cm³/mol. The van der Waals surface area contributed by atoms with Gasteiger partial charge in [-0.15, -0.1) is 0 Å². The number of sulfonamides is 1. The molecule has 1 atom stereocenters. The number of carbonyl (C=O) groups is 2. The molecule has 3 aromatic rings. The molecule has 0 heterocycles. The lowest BCUT2D eigenvalue weighted by Crippen LogP contribution is -2.52. The first kappa shape index (κ1) is 29.4. The van der Waals surface area contributed by atoms with Crippen LogP contribution in [0.2, 0.25) is 10.0 Å². The summed E-state index contributed by atoms with van der Waals surface area (Å²) in [4.78, 5) is 28.0. The number of rotatable bonds is 11. The van der Waals surface area contributed by atoms with E-state index in [2.05, 4.69) is 5.32 Å². The molecule has 38 heavy (non-hydrogen) atoms. The zero-order valence-electron chi connectivity index (χ0n) is 20.9. The number of anilines is 1. The van der Waals surface area contributed by atoms with Crippen LogP contribution in [0.4, 0.5) is 10.1 Å². The highest BCUT2D eigenvalue weighted by Gasteiger charge is 2.33. The maximum Gasteiger partial charge on any atom is 0.264 e. The van der Waals surface area contributed by atoms with Gasteiger partial charge in [0, 0.05) is 23.1 Å². The molecule has 0 saturated heterocycles. The van der Waals surface area contributed by atoms with E-state index in [1.165, 1.54) is 65.6 Å². The first-order valence-electron chi connectivity index (χ1n) is 11.9. The molecule has 202 valence electrons. The number of nitrogens with zero attached hydrogens (tertiary/aromatic N) is 2. The Labute approximate surface area is 232 Å². The molecule has 3 aromatic carbocycles. The van der Waals surface area contributed by atoms with Gasteiger partial charge in [0.25, 0.3) is 10.0 Å². The molecule has 0 saturated carbocycles. The molecule has 11 heteroatoms. The third kappa shape index (κ3) is 7.24. The van der Waals surface area contributed by atoms with Crippen molar-refractivity contribution in [2.24, 2.45) is 0 Å². The van der Waals surface area contributed by atoms with E-state index in [0.717, 1.165) is 4.31 Å². The maximum atomic E-state index is 13.8. The minimum Gasteiger partial charge on any atom is -0.355 e. The van der Waals surface area contributed by atoms with E-state index in [0.29, 0.717) is 17.1 Å². The smallest absolute Gasteiger partial charge is 0.264 e. The topological polar surface area (TPSA) is 86.8 Å². The third-order valence-electron chi connectivity index (χ3n) is 5.78. The Bertz CT molecular complexity index is 1370. The van der Waals surface area contributed by atoms with Crippen LogP contribution in [-0.4, -0.2) is 44.3 Å². The Balaban J connectivity index is 2.05. The summed E-state index contributed by atoms with van der Waals surface area (Å²) in [7, 11) is -4.24. The first-order chi connectivity index (χ1) is 18.1. The van der Waals surface area contributed by atoms with Crippen LogP contribution in [0, 0.1) is 5.82 Å². The van der Waals surface area contributed by atoms with Gasteiger partial charge in [0.1, 0.15) is 18.4 Å². The van der Waals surface area contributed by atoms with Crippen molar-refractivity contribution in [2.45, 2.75) is 37.8 Å². The zero-order valence-corrected chi connectivity index (χ0v) is 23.2. The van der Waals surface area contributed by atoms with Crippen molar-refractivity contribution >= 4 is 50.7 Å². The summed E-state index contributed by atoms with van der Waals surface area (Å²) in [5, 5.41) is 3.36. The van der Waals surface area contributed by atoms with Crippen LogP contribution in [0.15, 0.2) is 77.7 Å². The van der Waals surface area contributed by atoms with E-state index in [4.69, 9.17) is 23.2 Å². The summed E-state index contributed by atoms with van der Waals surface area (Å²) < 4.78 is 41.9. The van der Waals surface area contributed by atoms with Crippen molar-refractivity contribution in [3.05, 3.63) is 94.2 Å². The van der Waals surface area contributed by atoms with E-state index in [9.17, 15) is 22.4 Å². The second-order valence-electron chi connectivity index (χ2n) is 8.41. The molecule has 2 amide bonds. The SMILES string of the molecule is CCNC(=O)[C@H](CC)N(Cc1ccc(F)cc1)C(=O)CN(c1cccc(Cl)c1)S(=O)(=O)c1ccc(Cl)cc1. The van der Waals surface area contributed by atoms with Gasteiger partial charge in [0.2, 0.25) is 11.8 Å². The molecule has 0 spiro atoms. The number of carbonyl (C=O) groups excluding carboxylic acids is 2. The molecule has 0 aliphatic heterocycles. The van der Waals surface area contributed by atoms with E-state index in [1.807, 2.05) is 0 Å². The minimum absolute atomic E-state index is 0.0286. The summed E-state index contributed by atoms with van der Waals surface area (Å²) in [6.45, 7) is 3.23. The van der Waals surface area contributed by atoms with E-state index in [1.54, 1.807) is 26.0 Å². The van der Waals surface area contributed by atoms with Crippen LogP contribution in [0.1, 0.15) is 25.8 Å². The summed E-state index contributed by atoms with van der Waals surface area (Å²) in [5.74, 6) is -1.44. The Morgan fingerprint density at radius 2 is 1.61 bits per heavy atom. The molecule has 3 rings (SSSR count). The summed E-state index contributed by atoms with van der Waals surface area (Å²) in [5.41, 5.74) is 0.756. The van der Waals surface area contributed by atoms with E-state index >= 15 is 0 Å². The second kappa shape index (κ2) is 13.1. The zero-order chi connectivity index (χ0) is 27.9. The number of benzene rings is 3. The molecular formula is C27H28Cl2FN3O4S. The Morgan fingerprint density at radius 1 is 0.947 bits per heavy atom. The molecule has 0 radical (unpaired) electrons. The molecular weight excluding hydrogens is 552 g/mol. The summed E-state index contributed by atoms with van der Waals surface area (Å²) in [6, 6.07) is 16.4. The third-order valence-corrected chi connectivity index (χ3v) is 8.05. The Morgan fingerprint density at radius 3 is 2.18 bits per heavy atom. The fourth-order valence-electron chi connectivity index (χ4n) is 3.89. The summed E-state index contributed by atoms with van der Waals surface area (Å²) >= 11 is 12.1. The molecule has 0 aliphatic carbocycles. The molecule has 0 aromatic heterocycles. The van der Waals surface area contributed by atoms with Gasteiger partial charge in [-0.1, -0.05) is 48.3 Å². The van der Waals surface area contributed by atoms with Crippen LogP contribution >= 0.6 is 23.2 Å². The highest BCUT2D eigenvalue weighted by Crippen LogP contribution is 2.27. The second-order valence-corrected chi connectivity index (χ2v) is 11.1. The van der Waals surface area contributed by atoms with Crippen molar-refractivity contribution in [1.29, 1.82) is 0 Å². The van der Waals surface area contributed by atoms with Crippen molar-refractivity contribution in [2.75, 3.05) is 17.4 Å². The van der Waals surface area contributed by atoms with Gasteiger partial charge in [-0.2, -0.15) is 0 Å². The van der Waals surface area contributed by atoms with Gasteiger partial charge in [-0.25, -0.2) is 12.8 Å². The number of hydrogen-bond donors (Lipinski definition) is 1. The molecule has 0 unspecified atom stereocenters. The monoisotopic (exact) mass is 579 g/mol. The van der Waals surface area contributed by atoms with Gasteiger partial charge >= 0.3 is 0 Å². The number of nitrogens with one attached hydrogen (secondary N) is 1. The lowest BCUT2D eigenvalue weighted by atomic mass is 10.1. The predicted octanol–water partition coefficient (Wildman–Crippen LogP) is 5.27. The molecule has 0 aliphatic rings. The minimum atomic E-state index is -4.24. The van der Waals surface area contributed by atoms with Gasteiger partial charge in [-0.05, 0) is 73.5 Å². The van der Waals surface area contributed by atoms with Crippen LogP contribution in [-0.2, 0) is 26.2 Å². The van der Waals surface area contributed by atoms with Gasteiger partial charge < -0.3 is 10.2 Å². The maximum absolute atomic E-state index is 13.8. The van der Waals surface area contributed by atoms with E-state index in [-0.39, 0.29) is 34.5 Å². The quantitative estimate of drug-likeness (QED) is 0.335. The van der Waals surface area contributed by atoms with Crippen LogP contribution in [0.5, 0.6) is 0 Å². The van der Waals surface area contributed by atoms with Crippen molar-refractivity contribution in [1.82, 2.24) is 10.2 Å². The number of halogens is 3. The molecule has 0 bridgehead atoms. The fourth-order valence-corrected chi connectivity index (χ4v) is 5.61. The highest BCUT2D eigenvalue weighted by molar-refractivity contribution is 7.92.